The van der Waals surface area contributed by atoms with Gasteiger partial charge in [0.25, 0.3) is 5.91 Å². The largest absolute Gasteiger partial charge is 0.497 e. The van der Waals surface area contributed by atoms with Crippen LogP contribution in [0.3, 0.4) is 0 Å². The van der Waals surface area contributed by atoms with E-state index >= 15 is 0 Å². The smallest absolute Gasteiger partial charge is 0.266 e. The van der Waals surface area contributed by atoms with E-state index in [-0.39, 0.29) is 22.6 Å². The monoisotopic (exact) mass is 567 g/mol. The standard InChI is InChI=1S/C28H23Cl2N3O4S/c1-35-12-11-33-27(34)25(38-28(33)32-21-7-9-22(36-2)10-8-21)15-18-13-23(29)26(24(30)14-18)37-17-20-6-4-3-5-19(20)16-31/h3-10,13-15H,11-12,17H2,1-2H3/b25-15-,32-28?. The molecular formula is C28H23Cl2N3O4S. The third kappa shape index (κ3) is 6.50. The van der Waals surface area contributed by atoms with Crippen LogP contribution in [-0.2, 0) is 16.1 Å². The molecule has 1 amide bonds. The zero-order valence-corrected chi connectivity index (χ0v) is 22.9. The lowest BCUT2D eigenvalue weighted by atomic mass is 10.1. The Bertz CT molecular complexity index is 1410. The Morgan fingerprint density at radius 1 is 1.08 bits per heavy atom. The van der Waals surface area contributed by atoms with Crippen LogP contribution in [-0.4, -0.2) is 43.3 Å². The van der Waals surface area contributed by atoms with Gasteiger partial charge in [0.2, 0.25) is 0 Å². The number of nitriles is 1. The molecule has 1 aliphatic rings. The minimum atomic E-state index is -0.194. The van der Waals surface area contributed by atoms with Crippen molar-refractivity contribution in [3.63, 3.8) is 0 Å². The van der Waals surface area contributed by atoms with Crippen molar-refractivity contribution in [2.75, 3.05) is 27.4 Å². The number of ether oxygens (including phenoxy) is 3. The highest BCUT2D eigenvalue weighted by Crippen LogP contribution is 2.38. The van der Waals surface area contributed by atoms with E-state index in [0.717, 1.165) is 11.3 Å². The van der Waals surface area contributed by atoms with Gasteiger partial charge in [-0.3, -0.25) is 9.69 Å². The minimum Gasteiger partial charge on any atom is -0.497 e. The molecule has 0 radical (unpaired) electrons. The number of nitrogens with zero attached hydrogens (tertiary/aromatic N) is 3. The van der Waals surface area contributed by atoms with Gasteiger partial charge >= 0.3 is 0 Å². The first-order chi connectivity index (χ1) is 18.4. The van der Waals surface area contributed by atoms with Crippen molar-refractivity contribution in [3.8, 4) is 17.6 Å². The average molecular weight is 568 g/mol. The number of hydrogen-bond donors (Lipinski definition) is 0. The second kappa shape index (κ2) is 12.9. The van der Waals surface area contributed by atoms with Crippen LogP contribution in [0.1, 0.15) is 16.7 Å². The number of halogens is 2. The van der Waals surface area contributed by atoms with Crippen molar-refractivity contribution in [2.45, 2.75) is 6.61 Å². The van der Waals surface area contributed by atoms with Gasteiger partial charge in [0.15, 0.2) is 10.9 Å². The second-order valence-corrected chi connectivity index (χ2v) is 9.85. The highest BCUT2D eigenvalue weighted by molar-refractivity contribution is 8.18. The molecule has 38 heavy (non-hydrogen) atoms. The maximum absolute atomic E-state index is 13.2. The number of amides is 1. The predicted molar refractivity (Wildman–Crippen MR) is 151 cm³/mol. The Morgan fingerprint density at radius 3 is 2.45 bits per heavy atom. The lowest BCUT2D eigenvalue weighted by Gasteiger charge is -2.14. The van der Waals surface area contributed by atoms with Crippen LogP contribution in [0.5, 0.6) is 11.5 Å². The molecule has 4 rings (SSSR count). The Balaban J connectivity index is 1.57. The van der Waals surface area contributed by atoms with Gasteiger partial charge in [0.1, 0.15) is 12.4 Å². The van der Waals surface area contributed by atoms with Crippen LogP contribution in [0.2, 0.25) is 10.0 Å². The third-order valence-electron chi connectivity index (χ3n) is 5.53. The fourth-order valence-electron chi connectivity index (χ4n) is 3.60. The summed E-state index contributed by atoms with van der Waals surface area (Å²) in [6.07, 6.45) is 1.72. The van der Waals surface area contributed by atoms with E-state index in [1.807, 2.05) is 36.4 Å². The number of thioether (sulfide) groups is 1. The molecule has 1 saturated heterocycles. The lowest BCUT2D eigenvalue weighted by Crippen LogP contribution is -2.32. The second-order valence-electron chi connectivity index (χ2n) is 8.02. The Hall–Kier alpha value is -3.48. The molecule has 1 aliphatic heterocycles. The van der Waals surface area contributed by atoms with Gasteiger partial charge in [-0.25, -0.2) is 4.99 Å². The van der Waals surface area contributed by atoms with Crippen molar-refractivity contribution < 1.29 is 19.0 Å². The van der Waals surface area contributed by atoms with E-state index in [0.29, 0.717) is 45.8 Å². The zero-order valence-electron chi connectivity index (χ0n) is 20.6. The number of hydrogen-bond acceptors (Lipinski definition) is 7. The molecule has 0 unspecified atom stereocenters. The van der Waals surface area contributed by atoms with E-state index in [9.17, 15) is 10.1 Å². The van der Waals surface area contributed by atoms with Crippen molar-refractivity contribution in [1.29, 1.82) is 5.26 Å². The summed E-state index contributed by atoms with van der Waals surface area (Å²) < 4.78 is 16.2. The molecule has 194 valence electrons. The van der Waals surface area contributed by atoms with Gasteiger partial charge in [-0.2, -0.15) is 5.26 Å². The predicted octanol–water partition coefficient (Wildman–Crippen LogP) is 6.70. The van der Waals surface area contributed by atoms with Gasteiger partial charge < -0.3 is 14.2 Å². The SMILES string of the molecule is COCCN1C(=O)/C(=C/c2cc(Cl)c(OCc3ccccc3C#N)c(Cl)c2)SC1=Nc1ccc(OC)cc1. The summed E-state index contributed by atoms with van der Waals surface area (Å²) in [4.78, 5) is 20.0. The first-order valence-electron chi connectivity index (χ1n) is 11.5. The summed E-state index contributed by atoms with van der Waals surface area (Å²) >= 11 is 14.3. The van der Waals surface area contributed by atoms with Crippen molar-refractivity contribution in [1.82, 2.24) is 4.90 Å². The Kier molecular flexibility index (Phi) is 9.32. The number of methoxy groups -OCH3 is 2. The molecule has 10 heteroatoms. The molecule has 7 nitrogen and oxygen atoms in total. The van der Waals surface area contributed by atoms with Crippen LogP contribution in [0, 0.1) is 11.3 Å². The zero-order chi connectivity index (χ0) is 27.1. The van der Waals surface area contributed by atoms with Crippen molar-refractivity contribution in [2.24, 2.45) is 4.99 Å². The van der Waals surface area contributed by atoms with Crippen LogP contribution < -0.4 is 9.47 Å². The summed E-state index contributed by atoms with van der Waals surface area (Å²) in [6, 6.07) is 19.9. The summed E-state index contributed by atoms with van der Waals surface area (Å²) in [7, 11) is 3.18. The van der Waals surface area contributed by atoms with Gasteiger partial charge in [-0.1, -0.05) is 41.4 Å². The molecule has 3 aromatic carbocycles. The van der Waals surface area contributed by atoms with E-state index in [1.54, 1.807) is 49.5 Å². The molecule has 0 saturated carbocycles. The van der Waals surface area contributed by atoms with Gasteiger partial charge in [0.05, 0.1) is 52.5 Å². The molecule has 3 aromatic rings. The van der Waals surface area contributed by atoms with E-state index < -0.39 is 0 Å². The van der Waals surface area contributed by atoms with E-state index in [4.69, 9.17) is 37.4 Å². The Morgan fingerprint density at radius 2 is 1.79 bits per heavy atom. The molecular weight excluding hydrogens is 545 g/mol. The summed E-state index contributed by atoms with van der Waals surface area (Å²) in [6.45, 7) is 0.852. The lowest BCUT2D eigenvalue weighted by molar-refractivity contribution is -0.122. The molecule has 0 aliphatic carbocycles. The number of carbonyl (C=O) groups excluding carboxylic acids is 1. The molecule has 0 spiro atoms. The first-order valence-corrected chi connectivity index (χ1v) is 13.0. The summed E-state index contributed by atoms with van der Waals surface area (Å²) in [5.41, 5.74) is 2.57. The maximum Gasteiger partial charge on any atom is 0.266 e. The summed E-state index contributed by atoms with van der Waals surface area (Å²) in [5, 5.41) is 10.4. The average Bonchev–Trinajstić information content (AvgIpc) is 3.20. The molecule has 1 fully saturated rings. The number of aliphatic imine (C=N–C) groups is 1. The molecule has 0 bridgehead atoms. The molecule has 0 N–H and O–H groups in total. The topological polar surface area (TPSA) is 84.1 Å². The normalized spacial score (nSPS) is 15.2. The maximum atomic E-state index is 13.2. The van der Waals surface area contributed by atoms with Gasteiger partial charge in [0, 0.05) is 12.7 Å². The van der Waals surface area contributed by atoms with E-state index in [2.05, 4.69) is 11.1 Å². The molecule has 0 aromatic heterocycles. The number of carbonyl (C=O) groups is 1. The van der Waals surface area contributed by atoms with Crippen molar-refractivity contribution >= 4 is 57.8 Å². The minimum absolute atomic E-state index is 0.136. The Labute approximate surface area is 235 Å². The summed E-state index contributed by atoms with van der Waals surface area (Å²) in [5.74, 6) is 0.827. The highest BCUT2D eigenvalue weighted by atomic mass is 35.5. The van der Waals surface area contributed by atoms with E-state index in [1.165, 1.54) is 11.8 Å². The number of benzene rings is 3. The van der Waals surface area contributed by atoms with Crippen LogP contribution in [0.4, 0.5) is 5.69 Å². The van der Waals surface area contributed by atoms with Gasteiger partial charge in [-0.05, 0) is 65.9 Å². The first kappa shape index (κ1) is 27.6. The van der Waals surface area contributed by atoms with Crippen LogP contribution in [0.25, 0.3) is 6.08 Å². The quantitative estimate of drug-likeness (QED) is 0.267. The van der Waals surface area contributed by atoms with Gasteiger partial charge in [-0.15, -0.1) is 0 Å². The van der Waals surface area contributed by atoms with Crippen LogP contribution in [0.15, 0.2) is 70.6 Å². The fraction of sp³-hybridized carbons (Fsp3) is 0.179. The number of rotatable bonds is 9. The highest BCUT2D eigenvalue weighted by Gasteiger charge is 2.33. The molecule has 0 atom stereocenters. The molecule has 1 heterocycles. The van der Waals surface area contributed by atoms with Crippen LogP contribution >= 0.6 is 35.0 Å². The number of amidine groups is 1. The third-order valence-corrected chi connectivity index (χ3v) is 7.10. The van der Waals surface area contributed by atoms with Crippen molar-refractivity contribution in [3.05, 3.63) is 92.3 Å². The fourth-order valence-corrected chi connectivity index (χ4v) is 5.23.